The van der Waals surface area contributed by atoms with E-state index in [2.05, 4.69) is 26.3 Å². The van der Waals surface area contributed by atoms with Gasteiger partial charge < -0.3 is 14.6 Å². The van der Waals surface area contributed by atoms with Crippen LogP contribution in [0, 0.1) is 11.3 Å². The Hall–Kier alpha value is -3.40. The van der Waals surface area contributed by atoms with Gasteiger partial charge in [-0.1, -0.05) is 19.1 Å². The Labute approximate surface area is 152 Å². The molecule has 1 aromatic carbocycles. The summed E-state index contributed by atoms with van der Waals surface area (Å²) in [7, 11) is 3.58. The molecule has 0 spiro atoms. The van der Waals surface area contributed by atoms with Crippen LogP contribution in [0.2, 0.25) is 0 Å². The highest BCUT2D eigenvalue weighted by Gasteiger charge is 2.20. The van der Waals surface area contributed by atoms with Crippen molar-refractivity contribution in [2.75, 3.05) is 12.4 Å². The molecule has 0 unspecified atom stereocenters. The Bertz CT molecular complexity index is 943. The van der Waals surface area contributed by atoms with E-state index in [0.717, 1.165) is 17.1 Å². The molecular formula is C19H20N6O. The van der Waals surface area contributed by atoms with Crippen LogP contribution in [0.5, 0.6) is 5.75 Å². The zero-order valence-corrected chi connectivity index (χ0v) is 15.0. The summed E-state index contributed by atoms with van der Waals surface area (Å²) < 4.78 is 7.30. The van der Waals surface area contributed by atoms with Crippen LogP contribution >= 0.6 is 0 Å². The van der Waals surface area contributed by atoms with Crippen molar-refractivity contribution >= 4 is 5.82 Å². The van der Waals surface area contributed by atoms with E-state index in [1.165, 1.54) is 0 Å². The largest absolute Gasteiger partial charge is 0.497 e. The number of imidazole rings is 1. The maximum absolute atomic E-state index is 9.23. The van der Waals surface area contributed by atoms with E-state index in [4.69, 9.17) is 4.74 Å². The molecule has 0 saturated carbocycles. The topological polar surface area (TPSA) is 88.6 Å². The van der Waals surface area contributed by atoms with Crippen LogP contribution < -0.4 is 10.1 Å². The fraction of sp³-hybridized carbons (Fsp3) is 0.263. The lowest BCUT2D eigenvalue weighted by Gasteiger charge is -2.20. The molecule has 0 aliphatic carbocycles. The Kier molecular flexibility index (Phi) is 5.13. The molecule has 0 fully saturated rings. The average molecular weight is 348 g/mol. The standard InChI is InChI=1S/C19H20N6O/c1-4-16-22-14(12-20)11-17(23-16)24-18(19-21-8-9-25(19)2)13-6-5-7-15(10-13)26-3/h5-11,18H,4H2,1-3H3,(H,22,23,24)/t18-/m1/s1. The van der Waals surface area contributed by atoms with Gasteiger partial charge >= 0.3 is 0 Å². The molecule has 132 valence electrons. The highest BCUT2D eigenvalue weighted by atomic mass is 16.5. The second-order valence-corrected chi connectivity index (χ2v) is 5.77. The summed E-state index contributed by atoms with van der Waals surface area (Å²) in [5, 5.41) is 12.6. The predicted molar refractivity (Wildman–Crippen MR) is 97.8 cm³/mol. The molecule has 3 rings (SSSR count). The highest BCUT2D eigenvalue weighted by molar-refractivity contribution is 5.46. The first-order valence-corrected chi connectivity index (χ1v) is 8.30. The van der Waals surface area contributed by atoms with E-state index in [1.54, 1.807) is 19.4 Å². The lowest BCUT2D eigenvalue weighted by atomic mass is 10.1. The number of hydrogen-bond donors (Lipinski definition) is 1. The van der Waals surface area contributed by atoms with Crippen molar-refractivity contribution in [1.29, 1.82) is 5.26 Å². The molecule has 1 N–H and O–H groups in total. The van der Waals surface area contributed by atoms with E-state index in [1.807, 2.05) is 49.0 Å². The maximum Gasteiger partial charge on any atom is 0.146 e. The van der Waals surface area contributed by atoms with Gasteiger partial charge in [0.25, 0.3) is 0 Å². The average Bonchev–Trinajstić information content (AvgIpc) is 3.11. The molecule has 0 radical (unpaired) electrons. The minimum Gasteiger partial charge on any atom is -0.497 e. The Morgan fingerprint density at radius 2 is 2.15 bits per heavy atom. The third-order valence-electron chi connectivity index (χ3n) is 4.04. The molecular weight excluding hydrogens is 328 g/mol. The molecule has 0 saturated heterocycles. The van der Waals surface area contributed by atoms with Gasteiger partial charge in [0.1, 0.15) is 41.0 Å². The summed E-state index contributed by atoms with van der Waals surface area (Å²) in [5.41, 5.74) is 1.32. The van der Waals surface area contributed by atoms with Gasteiger partial charge in [-0.25, -0.2) is 15.0 Å². The van der Waals surface area contributed by atoms with E-state index < -0.39 is 0 Å². The second-order valence-electron chi connectivity index (χ2n) is 5.77. The normalized spacial score (nSPS) is 11.6. The number of nitrogens with zero attached hydrogens (tertiary/aromatic N) is 5. The number of nitrogens with one attached hydrogen (secondary N) is 1. The molecule has 2 heterocycles. The van der Waals surface area contributed by atoms with Crippen LogP contribution in [-0.2, 0) is 13.5 Å². The first-order valence-electron chi connectivity index (χ1n) is 8.30. The van der Waals surface area contributed by atoms with Crippen LogP contribution in [-0.4, -0.2) is 26.6 Å². The summed E-state index contributed by atoms with van der Waals surface area (Å²) in [5.74, 6) is 2.80. The van der Waals surface area contributed by atoms with Gasteiger partial charge in [-0.15, -0.1) is 0 Å². The van der Waals surface area contributed by atoms with Gasteiger partial charge in [0.05, 0.1) is 7.11 Å². The molecule has 3 aromatic rings. The van der Waals surface area contributed by atoms with Crippen molar-refractivity contribution in [2.24, 2.45) is 7.05 Å². The van der Waals surface area contributed by atoms with Gasteiger partial charge in [0.2, 0.25) is 0 Å². The van der Waals surface area contributed by atoms with Crippen molar-refractivity contribution in [1.82, 2.24) is 19.5 Å². The minimum absolute atomic E-state index is 0.253. The molecule has 0 aliphatic rings. The molecule has 7 heteroatoms. The lowest BCUT2D eigenvalue weighted by Crippen LogP contribution is -2.18. The highest BCUT2D eigenvalue weighted by Crippen LogP contribution is 2.27. The number of nitriles is 1. The van der Waals surface area contributed by atoms with Crippen LogP contribution in [0.15, 0.2) is 42.7 Å². The van der Waals surface area contributed by atoms with E-state index in [-0.39, 0.29) is 6.04 Å². The third-order valence-corrected chi connectivity index (χ3v) is 4.04. The SMILES string of the molecule is CCc1nc(C#N)cc(N[C@H](c2cccc(OC)c2)c2nccn2C)n1. The van der Waals surface area contributed by atoms with E-state index in [9.17, 15) is 5.26 Å². The molecule has 1 atom stereocenters. The summed E-state index contributed by atoms with van der Waals surface area (Å²) in [6.07, 6.45) is 4.29. The summed E-state index contributed by atoms with van der Waals surface area (Å²) in [4.78, 5) is 13.2. The number of benzene rings is 1. The Morgan fingerprint density at radius 3 is 2.81 bits per heavy atom. The maximum atomic E-state index is 9.23. The number of rotatable bonds is 6. The zero-order chi connectivity index (χ0) is 18.5. The van der Waals surface area contributed by atoms with Crippen LogP contribution in [0.25, 0.3) is 0 Å². The van der Waals surface area contributed by atoms with Gasteiger partial charge in [-0.2, -0.15) is 5.26 Å². The molecule has 0 aliphatic heterocycles. The number of aryl methyl sites for hydroxylation is 2. The van der Waals surface area contributed by atoms with Gasteiger partial charge in [0, 0.05) is 31.9 Å². The number of ether oxygens (including phenoxy) is 1. The van der Waals surface area contributed by atoms with Crippen LogP contribution in [0.3, 0.4) is 0 Å². The van der Waals surface area contributed by atoms with Crippen molar-refractivity contribution in [3.05, 3.63) is 65.6 Å². The van der Waals surface area contributed by atoms with Gasteiger partial charge in [-0.3, -0.25) is 0 Å². The number of anilines is 1. The summed E-state index contributed by atoms with van der Waals surface area (Å²) in [6, 6.07) is 11.3. The lowest BCUT2D eigenvalue weighted by molar-refractivity contribution is 0.414. The predicted octanol–water partition coefficient (Wildman–Crippen LogP) is 2.85. The van der Waals surface area contributed by atoms with E-state index in [0.29, 0.717) is 23.8 Å². The second kappa shape index (κ2) is 7.66. The van der Waals surface area contributed by atoms with E-state index >= 15 is 0 Å². The number of aromatic nitrogens is 4. The zero-order valence-electron chi connectivity index (χ0n) is 15.0. The Balaban J connectivity index is 2.05. The first-order chi connectivity index (χ1) is 12.6. The molecule has 26 heavy (non-hydrogen) atoms. The summed E-state index contributed by atoms with van der Waals surface area (Å²) in [6.45, 7) is 1.96. The van der Waals surface area contributed by atoms with Gasteiger partial charge in [0.15, 0.2) is 0 Å². The first kappa shape index (κ1) is 17.4. The molecule has 0 amide bonds. The fourth-order valence-corrected chi connectivity index (χ4v) is 2.71. The fourth-order valence-electron chi connectivity index (χ4n) is 2.71. The van der Waals surface area contributed by atoms with Gasteiger partial charge in [-0.05, 0) is 17.7 Å². The van der Waals surface area contributed by atoms with Crippen molar-refractivity contribution < 1.29 is 4.74 Å². The number of hydrogen-bond acceptors (Lipinski definition) is 6. The number of methoxy groups -OCH3 is 1. The third kappa shape index (κ3) is 3.64. The van der Waals surface area contributed by atoms with Crippen LogP contribution in [0.1, 0.15) is 35.9 Å². The molecule has 7 nitrogen and oxygen atoms in total. The molecule has 2 aromatic heterocycles. The monoisotopic (exact) mass is 348 g/mol. The molecule has 0 bridgehead atoms. The van der Waals surface area contributed by atoms with Crippen molar-refractivity contribution in [2.45, 2.75) is 19.4 Å². The minimum atomic E-state index is -0.253. The summed E-state index contributed by atoms with van der Waals surface area (Å²) >= 11 is 0. The van der Waals surface area contributed by atoms with Crippen molar-refractivity contribution in [3.8, 4) is 11.8 Å². The van der Waals surface area contributed by atoms with Crippen LogP contribution in [0.4, 0.5) is 5.82 Å². The quantitative estimate of drug-likeness (QED) is 0.737. The Morgan fingerprint density at radius 1 is 1.31 bits per heavy atom. The van der Waals surface area contributed by atoms with Crippen molar-refractivity contribution in [3.63, 3.8) is 0 Å². The smallest absolute Gasteiger partial charge is 0.146 e.